The number of aromatic amines is 1. The van der Waals surface area contributed by atoms with E-state index in [4.69, 9.17) is 0 Å². The van der Waals surface area contributed by atoms with Gasteiger partial charge in [0.2, 0.25) is 11.8 Å². The molecule has 2 atom stereocenters. The summed E-state index contributed by atoms with van der Waals surface area (Å²) in [5.41, 5.74) is 2.72. The van der Waals surface area contributed by atoms with Crippen LogP contribution in [0.3, 0.4) is 0 Å². The van der Waals surface area contributed by atoms with E-state index in [0.29, 0.717) is 0 Å². The predicted molar refractivity (Wildman–Crippen MR) is 109 cm³/mol. The predicted octanol–water partition coefficient (Wildman–Crippen LogP) is 3.64. The number of H-pyrrole nitrogens is 1. The normalized spacial score (nSPS) is 13.3. The molecule has 6 nitrogen and oxygen atoms in total. The first kappa shape index (κ1) is 19.6. The summed E-state index contributed by atoms with van der Waals surface area (Å²) < 4.78 is 0. The van der Waals surface area contributed by atoms with Gasteiger partial charge in [0.1, 0.15) is 5.82 Å². The number of amides is 2. The molecule has 0 aliphatic carbocycles. The monoisotopic (exact) mass is 378 g/mol. The molecule has 0 bridgehead atoms. The smallest absolute Gasteiger partial charge is 0.223 e. The van der Waals surface area contributed by atoms with Crippen molar-refractivity contribution in [1.29, 1.82) is 0 Å². The van der Waals surface area contributed by atoms with Crippen molar-refractivity contribution in [3.63, 3.8) is 0 Å². The van der Waals surface area contributed by atoms with Crippen molar-refractivity contribution in [2.24, 2.45) is 5.92 Å². The SMILES string of the molecule is CC(=O)NC(CC(=O)NC(c1nc2ccccc2[nH]1)C(C)C)c1ccccc1. The number of imidazole rings is 1. The van der Waals surface area contributed by atoms with Gasteiger partial charge in [-0.25, -0.2) is 4.98 Å². The van der Waals surface area contributed by atoms with E-state index in [-0.39, 0.29) is 36.2 Å². The lowest BCUT2D eigenvalue weighted by atomic mass is 10.0. The number of carbonyl (C=O) groups excluding carboxylic acids is 2. The third kappa shape index (κ3) is 4.76. The quantitative estimate of drug-likeness (QED) is 0.586. The number of fused-ring (bicyclic) bond motifs is 1. The first-order valence-electron chi connectivity index (χ1n) is 9.50. The van der Waals surface area contributed by atoms with Crippen molar-refractivity contribution < 1.29 is 9.59 Å². The van der Waals surface area contributed by atoms with Gasteiger partial charge < -0.3 is 15.6 Å². The molecule has 3 N–H and O–H groups in total. The molecule has 0 radical (unpaired) electrons. The van der Waals surface area contributed by atoms with E-state index in [1.54, 1.807) is 0 Å². The van der Waals surface area contributed by atoms with Crippen molar-refractivity contribution in [3.8, 4) is 0 Å². The van der Waals surface area contributed by atoms with Gasteiger partial charge in [-0.3, -0.25) is 9.59 Å². The van der Waals surface area contributed by atoms with Crippen LogP contribution in [-0.2, 0) is 9.59 Å². The maximum Gasteiger partial charge on any atom is 0.223 e. The first-order chi connectivity index (χ1) is 13.4. The van der Waals surface area contributed by atoms with Gasteiger partial charge in [-0.05, 0) is 23.6 Å². The number of aromatic nitrogens is 2. The molecule has 3 rings (SSSR count). The second-order valence-electron chi connectivity index (χ2n) is 7.30. The molecule has 3 aromatic rings. The zero-order valence-corrected chi connectivity index (χ0v) is 16.4. The Hall–Kier alpha value is -3.15. The lowest BCUT2D eigenvalue weighted by molar-refractivity contribution is -0.123. The van der Waals surface area contributed by atoms with Gasteiger partial charge in [0.05, 0.1) is 29.5 Å². The number of nitrogens with zero attached hydrogens (tertiary/aromatic N) is 1. The Labute approximate surface area is 164 Å². The highest BCUT2D eigenvalue weighted by molar-refractivity contribution is 5.80. The standard InChI is InChI=1S/C22H26N4O2/c1-14(2)21(22-24-17-11-7-8-12-18(17)25-22)26-20(28)13-19(23-15(3)27)16-9-5-4-6-10-16/h4-12,14,19,21H,13H2,1-3H3,(H,23,27)(H,24,25)(H,26,28). The van der Waals surface area contributed by atoms with E-state index in [9.17, 15) is 9.59 Å². The molecule has 0 aliphatic rings. The highest BCUT2D eigenvalue weighted by Crippen LogP contribution is 2.23. The van der Waals surface area contributed by atoms with Crippen LogP contribution in [0.25, 0.3) is 11.0 Å². The minimum atomic E-state index is -0.373. The van der Waals surface area contributed by atoms with Crippen LogP contribution in [0.2, 0.25) is 0 Å². The second kappa shape index (κ2) is 8.69. The summed E-state index contributed by atoms with van der Waals surface area (Å²) in [6.45, 7) is 5.54. The van der Waals surface area contributed by atoms with Gasteiger partial charge in [0.15, 0.2) is 0 Å². The summed E-state index contributed by atoms with van der Waals surface area (Å²) in [5, 5.41) is 5.95. The zero-order chi connectivity index (χ0) is 20.1. The molecule has 2 unspecified atom stereocenters. The number of hydrogen-bond acceptors (Lipinski definition) is 3. The molecule has 2 amide bonds. The fourth-order valence-electron chi connectivity index (χ4n) is 3.27. The van der Waals surface area contributed by atoms with Gasteiger partial charge in [0, 0.05) is 6.92 Å². The van der Waals surface area contributed by atoms with Crippen LogP contribution in [0.5, 0.6) is 0 Å². The van der Waals surface area contributed by atoms with Crippen LogP contribution in [0.4, 0.5) is 0 Å². The molecule has 1 heterocycles. The third-order valence-electron chi connectivity index (χ3n) is 4.65. The molecular formula is C22H26N4O2. The molecule has 0 aliphatic heterocycles. The second-order valence-corrected chi connectivity index (χ2v) is 7.30. The highest BCUT2D eigenvalue weighted by atomic mass is 16.2. The number of carbonyl (C=O) groups is 2. The largest absolute Gasteiger partial charge is 0.349 e. The molecule has 6 heteroatoms. The summed E-state index contributed by atoms with van der Waals surface area (Å²) in [7, 11) is 0. The lowest BCUT2D eigenvalue weighted by Crippen LogP contribution is -2.36. The average molecular weight is 378 g/mol. The van der Waals surface area contributed by atoms with E-state index in [0.717, 1.165) is 22.4 Å². The molecule has 146 valence electrons. The van der Waals surface area contributed by atoms with Crippen LogP contribution in [0, 0.1) is 5.92 Å². The van der Waals surface area contributed by atoms with Crippen molar-refractivity contribution in [2.45, 2.75) is 39.3 Å². The van der Waals surface area contributed by atoms with Gasteiger partial charge >= 0.3 is 0 Å². The number of nitrogens with one attached hydrogen (secondary N) is 3. The van der Waals surface area contributed by atoms with Gasteiger partial charge in [-0.2, -0.15) is 0 Å². The fraction of sp³-hybridized carbons (Fsp3) is 0.318. The van der Waals surface area contributed by atoms with Crippen LogP contribution >= 0.6 is 0 Å². The summed E-state index contributed by atoms with van der Waals surface area (Å²) in [4.78, 5) is 32.3. The summed E-state index contributed by atoms with van der Waals surface area (Å²) in [5.74, 6) is 0.585. The van der Waals surface area contributed by atoms with Crippen LogP contribution in [-0.4, -0.2) is 21.8 Å². The minimum absolute atomic E-state index is 0.137. The van der Waals surface area contributed by atoms with Crippen molar-refractivity contribution in [1.82, 2.24) is 20.6 Å². The number of para-hydroxylation sites is 2. The first-order valence-corrected chi connectivity index (χ1v) is 9.50. The molecular weight excluding hydrogens is 352 g/mol. The maximum absolute atomic E-state index is 12.8. The fourth-order valence-corrected chi connectivity index (χ4v) is 3.27. The number of benzene rings is 2. The average Bonchev–Trinajstić information content (AvgIpc) is 3.09. The summed E-state index contributed by atoms with van der Waals surface area (Å²) >= 11 is 0. The molecule has 0 fully saturated rings. The van der Waals surface area contributed by atoms with E-state index in [1.165, 1.54) is 6.92 Å². The van der Waals surface area contributed by atoms with E-state index < -0.39 is 0 Å². The van der Waals surface area contributed by atoms with Gasteiger partial charge in [-0.1, -0.05) is 56.3 Å². The highest BCUT2D eigenvalue weighted by Gasteiger charge is 2.24. The Bertz CT molecular complexity index is 916. The molecule has 2 aromatic carbocycles. The molecule has 0 spiro atoms. The topological polar surface area (TPSA) is 86.9 Å². The minimum Gasteiger partial charge on any atom is -0.349 e. The van der Waals surface area contributed by atoms with E-state index in [1.807, 2.05) is 68.4 Å². The van der Waals surface area contributed by atoms with E-state index in [2.05, 4.69) is 20.6 Å². The zero-order valence-electron chi connectivity index (χ0n) is 16.4. The Morgan fingerprint density at radius 1 is 1.00 bits per heavy atom. The van der Waals surface area contributed by atoms with Crippen molar-refractivity contribution >= 4 is 22.8 Å². The molecule has 1 aromatic heterocycles. The van der Waals surface area contributed by atoms with Gasteiger partial charge in [0.25, 0.3) is 0 Å². The van der Waals surface area contributed by atoms with E-state index >= 15 is 0 Å². The third-order valence-corrected chi connectivity index (χ3v) is 4.65. The van der Waals surface area contributed by atoms with Crippen molar-refractivity contribution in [3.05, 3.63) is 66.0 Å². The number of rotatable bonds is 7. The maximum atomic E-state index is 12.8. The summed E-state index contributed by atoms with van der Waals surface area (Å²) in [6, 6.07) is 16.7. The van der Waals surface area contributed by atoms with Crippen LogP contribution in [0.1, 0.15) is 50.7 Å². The Morgan fingerprint density at radius 3 is 2.32 bits per heavy atom. The Morgan fingerprint density at radius 2 is 1.68 bits per heavy atom. The lowest BCUT2D eigenvalue weighted by Gasteiger charge is -2.23. The van der Waals surface area contributed by atoms with Crippen LogP contribution < -0.4 is 10.6 Å². The summed E-state index contributed by atoms with van der Waals surface area (Å²) in [6.07, 6.45) is 0.160. The number of hydrogen-bond donors (Lipinski definition) is 3. The Balaban J connectivity index is 1.76. The molecule has 28 heavy (non-hydrogen) atoms. The van der Waals surface area contributed by atoms with Crippen molar-refractivity contribution in [2.75, 3.05) is 0 Å². The molecule has 0 saturated carbocycles. The molecule has 0 saturated heterocycles. The Kier molecular flexibility index (Phi) is 6.09. The van der Waals surface area contributed by atoms with Crippen LogP contribution in [0.15, 0.2) is 54.6 Å². The van der Waals surface area contributed by atoms with Gasteiger partial charge in [-0.15, -0.1) is 0 Å².